The predicted octanol–water partition coefficient (Wildman–Crippen LogP) is -0.460. The van der Waals surface area contributed by atoms with Gasteiger partial charge in [-0.3, -0.25) is 4.79 Å². The Morgan fingerprint density at radius 3 is 2.93 bits per heavy atom. The van der Waals surface area contributed by atoms with E-state index in [-0.39, 0.29) is 6.61 Å². The van der Waals surface area contributed by atoms with Crippen molar-refractivity contribution in [3.63, 3.8) is 0 Å². The molecule has 84 valence electrons. The molecule has 1 rings (SSSR count). The molecule has 0 saturated carbocycles. The molecule has 0 aromatic heterocycles. The Balaban J connectivity index is 2.62. The summed E-state index contributed by atoms with van der Waals surface area (Å²) in [6, 6.07) is -0.756. The monoisotopic (exact) mass is 232 g/mol. The van der Waals surface area contributed by atoms with Crippen molar-refractivity contribution < 1.29 is 19.3 Å². The van der Waals surface area contributed by atoms with Crippen LogP contribution in [-0.4, -0.2) is 52.0 Å². The van der Waals surface area contributed by atoms with Gasteiger partial charge in [0.15, 0.2) is 0 Å². The van der Waals surface area contributed by atoms with E-state index >= 15 is 0 Å². The molecule has 1 unspecified atom stereocenters. The van der Waals surface area contributed by atoms with Crippen LogP contribution in [0.2, 0.25) is 6.30 Å². The number of nitrogens with zero attached hydrogens (tertiary/aromatic N) is 1. The topological polar surface area (TPSA) is 63.7 Å². The van der Waals surface area contributed by atoms with Crippen LogP contribution in [0.3, 0.4) is 0 Å². The van der Waals surface area contributed by atoms with E-state index in [1.54, 1.807) is 0 Å². The SMILES string of the molecule is [2H]C([B])COC(=O)[C@@H]1CCCN1S(C)(=O)=O. The number of hydrogen-bond donors (Lipinski definition) is 0. The fourth-order valence-corrected chi connectivity index (χ4v) is 2.71. The molecule has 1 fully saturated rings. The van der Waals surface area contributed by atoms with Crippen LogP contribution in [0.25, 0.3) is 0 Å². The van der Waals surface area contributed by atoms with Gasteiger partial charge < -0.3 is 4.74 Å². The molecule has 1 aliphatic rings. The molecular weight excluding hydrogens is 217 g/mol. The van der Waals surface area contributed by atoms with Crippen molar-refractivity contribution in [2.45, 2.75) is 25.2 Å². The van der Waals surface area contributed by atoms with Crippen molar-refractivity contribution in [1.82, 2.24) is 4.31 Å². The van der Waals surface area contributed by atoms with Gasteiger partial charge in [0.2, 0.25) is 10.0 Å². The van der Waals surface area contributed by atoms with E-state index in [1.165, 1.54) is 0 Å². The Kier molecular flexibility index (Phi) is 3.64. The minimum Gasteiger partial charge on any atom is -0.465 e. The van der Waals surface area contributed by atoms with E-state index in [4.69, 9.17) is 14.0 Å². The standard InChI is InChI=1S/C8H14BNO4S/c1-15(12,13)10-5-2-3-7(10)8(11)14-6-4-9/h7H,2-6H2,1H3/t7-/m0/s1/i4D/t4?,7-. The Bertz CT molecular complexity index is 359. The van der Waals surface area contributed by atoms with Crippen molar-refractivity contribution in [2.75, 3.05) is 19.4 Å². The van der Waals surface area contributed by atoms with Gasteiger partial charge in [0.1, 0.15) is 6.04 Å². The summed E-state index contributed by atoms with van der Waals surface area (Å²) in [6.07, 6.45) is 1.17. The number of esters is 1. The maximum atomic E-state index is 11.5. The second-order valence-electron chi connectivity index (χ2n) is 3.40. The van der Waals surface area contributed by atoms with Crippen molar-refractivity contribution in [2.24, 2.45) is 0 Å². The molecule has 0 aromatic rings. The predicted molar refractivity (Wildman–Crippen MR) is 56.1 cm³/mol. The Labute approximate surface area is 92.6 Å². The average Bonchev–Trinajstić information content (AvgIpc) is 2.61. The van der Waals surface area contributed by atoms with E-state index in [0.29, 0.717) is 19.4 Å². The van der Waals surface area contributed by atoms with Crippen LogP contribution >= 0.6 is 0 Å². The molecular formula is C8H14BNO4S. The van der Waals surface area contributed by atoms with E-state index in [9.17, 15) is 13.2 Å². The molecule has 2 atom stereocenters. The molecule has 1 heterocycles. The summed E-state index contributed by atoms with van der Waals surface area (Å²) in [5.74, 6) is -0.620. The van der Waals surface area contributed by atoms with Crippen LogP contribution in [0, 0.1) is 0 Å². The highest BCUT2D eigenvalue weighted by atomic mass is 32.2. The number of sulfonamides is 1. The summed E-state index contributed by atoms with van der Waals surface area (Å²) in [6.45, 7) is 0.123. The molecule has 1 saturated heterocycles. The number of carbonyl (C=O) groups excluding carboxylic acids is 1. The summed E-state index contributed by atoms with van der Waals surface area (Å²) < 4.78 is 35.6. The van der Waals surface area contributed by atoms with Gasteiger partial charge in [0, 0.05) is 7.92 Å². The molecule has 7 heteroatoms. The molecule has 0 amide bonds. The van der Waals surface area contributed by atoms with Gasteiger partial charge in [-0.25, -0.2) is 8.42 Å². The van der Waals surface area contributed by atoms with Crippen molar-refractivity contribution in [3.05, 3.63) is 0 Å². The highest BCUT2D eigenvalue weighted by Gasteiger charge is 2.37. The second kappa shape index (κ2) is 4.98. The number of ether oxygens (including phenoxy) is 1. The van der Waals surface area contributed by atoms with E-state index < -0.39 is 28.3 Å². The first-order chi connectivity index (χ1) is 7.32. The van der Waals surface area contributed by atoms with Gasteiger partial charge in [0.05, 0.1) is 20.7 Å². The smallest absolute Gasteiger partial charge is 0.324 e. The van der Waals surface area contributed by atoms with E-state index in [1.807, 2.05) is 0 Å². The Morgan fingerprint density at radius 2 is 2.40 bits per heavy atom. The largest absolute Gasteiger partial charge is 0.465 e. The van der Waals surface area contributed by atoms with Crippen LogP contribution in [-0.2, 0) is 19.6 Å². The molecule has 2 radical (unpaired) electrons. The molecule has 0 bridgehead atoms. The zero-order valence-electron chi connectivity index (χ0n) is 9.55. The highest BCUT2D eigenvalue weighted by molar-refractivity contribution is 7.88. The summed E-state index contributed by atoms with van der Waals surface area (Å²) in [5.41, 5.74) is 0. The summed E-state index contributed by atoms with van der Waals surface area (Å²) >= 11 is 0. The van der Waals surface area contributed by atoms with Crippen molar-refractivity contribution >= 4 is 23.8 Å². The van der Waals surface area contributed by atoms with Crippen molar-refractivity contribution in [3.8, 4) is 0 Å². The minimum absolute atomic E-state index is 0.215. The van der Waals surface area contributed by atoms with Crippen LogP contribution < -0.4 is 0 Å². The third-order valence-corrected chi connectivity index (χ3v) is 3.51. The first kappa shape index (κ1) is 10.9. The second-order valence-corrected chi connectivity index (χ2v) is 5.33. The normalized spacial score (nSPS) is 25.9. The van der Waals surface area contributed by atoms with E-state index in [2.05, 4.69) is 0 Å². The zero-order valence-corrected chi connectivity index (χ0v) is 9.37. The lowest BCUT2D eigenvalue weighted by molar-refractivity contribution is -0.146. The highest BCUT2D eigenvalue weighted by Crippen LogP contribution is 2.21. The first-order valence-electron chi connectivity index (χ1n) is 5.21. The molecule has 1 aliphatic heterocycles. The van der Waals surface area contributed by atoms with Crippen LogP contribution in [0.1, 0.15) is 14.2 Å². The molecule has 0 spiro atoms. The first-order valence-corrected chi connectivity index (χ1v) is 6.48. The van der Waals surface area contributed by atoms with Gasteiger partial charge in [-0.1, -0.05) is 6.30 Å². The van der Waals surface area contributed by atoms with Gasteiger partial charge in [0.25, 0.3) is 0 Å². The number of rotatable bonds is 4. The Hall–Kier alpha value is -0.555. The molecule has 0 N–H and O–H groups in total. The number of carbonyl (C=O) groups is 1. The average molecular weight is 232 g/mol. The molecule has 0 aromatic carbocycles. The summed E-state index contributed by atoms with van der Waals surface area (Å²) in [7, 11) is 1.74. The maximum Gasteiger partial charge on any atom is 0.324 e. The lowest BCUT2D eigenvalue weighted by Gasteiger charge is -2.20. The van der Waals surface area contributed by atoms with Crippen LogP contribution in [0.4, 0.5) is 0 Å². The minimum atomic E-state index is -3.38. The van der Waals surface area contributed by atoms with Gasteiger partial charge in [-0.05, 0) is 12.8 Å². The molecule has 0 aliphatic carbocycles. The van der Waals surface area contributed by atoms with Gasteiger partial charge >= 0.3 is 5.97 Å². The fourth-order valence-electron chi connectivity index (χ4n) is 1.60. The quantitative estimate of drug-likeness (QED) is 0.486. The lowest BCUT2D eigenvalue weighted by atomic mass is 10.1. The third kappa shape index (κ3) is 3.20. The summed E-state index contributed by atoms with van der Waals surface area (Å²) in [5, 5.41) is 0. The lowest BCUT2D eigenvalue weighted by Crippen LogP contribution is -2.40. The van der Waals surface area contributed by atoms with E-state index in [0.717, 1.165) is 10.6 Å². The Morgan fingerprint density at radius 1 is 1.73 bits per heavy atom. The zero-order chi connectivity index (χ0) is 12.3. The van der Waals surface area contributed by atoms with Crippen LogP contribution in [0.15, 0.2) is 0 Å². The number of hydrogen-bond acceptors (Lipinski definition) is 4. The molecule has 15 heavy (non-hydrogen) atoms. The van der Waals surface area contributed by atoms with Crippen molar-refractivity contribution in [1.29, 1.82) is 0 Å². The van der Waals surface area contributed by atoms with Gasteiger partial charge in [-0.15, -0.1) is 0 Å². The van der Waals surface area contributed by atoms with Crippen LogP contribution in [0.5, 0.6) is 0 Å². The fraction of sp³-hybridized carbons (Fsp3) is 0.875. The van der Waals surface area contributed by atoms with Gasteiger partial charge in [-0.2, -0.15) is 4.31 Å². The molecule has 5 nitrogen and oxygen atoms in total. The third-order valence-electron chi connectivity index (χ3n) is 2.22. The maximum absolute atomic E-state index is 11.5. The summed E-state index contributed by atoms with van der Waals surface area (Å²) in [4.78, 5) is 11.5.